The molecule has 0 aliphatic heterocycles. The average molecular weight is 275 g/mol. The Bertz CT molecular complexity index is 553. The van der Waals surface area contributed by atoms with E-state index in [1.807, 2.05) is 18.4 Å². The number of hydrogen-bond donors (Lipinski definition) is 1. The summed E-state index contributed by atoms with van der Waals surface area (Å²) >= 11 is 7.15. The molecule has 0 amide bonds. The van der Waals surface area contributed by atoms with Crippen LogP contribution in [0.1, 0.15) is 22.1 Å². The van der Waals surface area contributed by atoms with Crippen molar-refractivity contribution in [2.45, 2.75) is 13.0 Å². The highest BCUT2D eigenvalue weighted by molar-refractivity contribution is 7.10. The van der Waals surface area contributed by atoms with Gasteiger partial charge in [-0.3, -0.25) is 0 Å². The second kappa shape index (κ2) is 4.72. The molecule has 0 spiro atoms. The summed E-state index contributed by atoms with van der Waals surface area (Å²) in [5, 5.41) is 11.9. The van der Waals surface area contributed by atoms with E-state index < -0.39 is 17.7 Å². The molecule has 1 heterocycles. The maximum absolute atomic E-state index is 13.1. The van der Waals surface area contributed by atoms with Gasteiger partial charge in [0.25, 0.3) is 0 Å². The van der Waals surface area contributed by atoms with E-state index in [-0.39, 0.29) is 10.6 Å². The number of rotatable bonds is 2. The van der Waals surface area contributed by atoms with Crippen LogP contribution >= 0.6 is 22.9 Å². The topological polar surface area (TPSA) is 20.2 Å². The SMILES string of the molecule is Cc1ccsc1C(O)c1cc(F)c(F)cc1Cl. The molecule has 1 nitrogen and oxygen atoms in total. The van der Waals surface area contributed by atoms with Gasteiger partial charge in [-0.25, -0.2) is 8.78 Å². The van der Waals surface area contributed by atoms with E-state index in [1.165, 1.54) is 11.3 Å². The Kier molecular flexibility index (Phi) is 3.47. The summed E-state index contributed by atoms with van der Waals surface area (Å²) < 4.78 is 26.0. The van der Waals surface area contributed by atoms with Crippen LogP contribution in [0.3, 0.4) is 0 Å². The molecule has 17 heavy (non-hydrogen) atoms. The van der Waals surface area contributed by atoms with Crippen LogP contribution in [-0.4, -0.2) is 5.11 Å². The third-order valence-corrected chi connectivity index (χ3v) is 3.88. The number of aliphatic hydroxyl groups excluding tert-OH is 1. The number of thiophene rings is 1. The average Bonchev–Trinajstić information content (AvgIpc) is 2.69. The summed E-state index contributed by atoms with van der Waals surface area (Å²) in [6.07, 6.45) is -1.03. The van der Waals surface area contributed by atoms with E-state index in [2.05, 4.69) is 0 Å². The lowest BCUT2D eigenvalue weighted by Gasteiger charge is -2.12. The third-order valence-electron chi connectivity index (χ3n) is 2.48. The van der Waals surface area contributed by atoms with Gasteiger partial charge in [-0.2, -0.15) is 0 Å². The minimum Gasteiger partial charge on any atom is -0.383 e. The van der Waals surface area contributed by atoms with Crippen LogP contribution in [-0.2, 0) is 0 Å². The van der Waals surface area contributed by atoms with Crippen LogP contribution in [0.2, 0.25) is 5.02 Å². The fourth-order valence-electron chi connectivity index (χ4n) is 1.55. The maximum Gasteiger partial charge on any atom is 0.160 e. The summed E-state index contributed by atoms with van der Waals surface area (Å²) in [5.41, 5.74) is 1.07. The van der Waals surface area contributed by atoms with Crippen molar-refractivity contribution in [2.75, 3.05) is 0 Å². The molecular weight excluding hydrogens is 266 g/mol. The minimum atomic E-state index is -1.03. The van der Waals surface area contributed by atoms with Gasteiger partial charge < -0.3 is 5.11 Å². The van der Waals surface area contributed by atoms with Crippen molar-refractivity contribution in [1.29, 1.82) is 0 Å². The van der Waals surface area contributed by atoms with Crippen molar-refractivity contribution in [3.63, 3.8) is 0 Å². The lowest BCUT2D eigenvalue weighted by atomic mass is 10.1. The van der Waals surface area contributed by atoms with E-state index in [9.17, 15) is 13.9 Å². The summed E-state index contributed by atoms with van der Waals surface area (Å²) in [6.45, 7) is 1.84. The van der Waals surface area contributed by atoms with Crippen LogP contribution < -0.4 is 0 Å². The summed E-state index contributed by atoms with van der Waals surface area (Å²) in [4.78, 5) is 0.679. The molecule has 0 saturated carbocycles. The van der Waals surface area contributed by atoms with Gasteiger partial charge in [-0.05, 0) is 36.1 Å². The Morgan fingerprint density at radius 3 is 2.53 bits per heavy atom. The van der Waals surface area contributed by atoms with Gasteiger partial charge in [0.2, 0.25) is 0 Å². The van der Waals surface area contributed by atoms with Crippen molar-refractivity contribution < 1.29 is 13.9 Å². The zero-order chi connectivity index (χ0) is 12.6. The molecule has 0 bridgehead atoms. The Morgan fingerprint density at radius 2 is 1.94 bits per heavy atom. The molecule has 0 saturated heterocycles. The van der Waals surface area contributed by atoms with Crippen molar-refractivity contribution in [3.8, 4) is 0 Å². The van der Waals surface area contributed by atoms with Gasteiger partial charge in [-0.1, -0.05) is 11.6 Å². The monoisotopic (exact) mass is 274 g/mol. The van der Waals surface area contributed by atoms with Crippen molar-refractivity contribution in [2.24, 2.45) is 0 Å². The zero-order valence-corrected chi connectivity index (χ0v) is 10.4. The Morgan fingerprint density at radius 1 is 1.29 bits per heavy atom. The van der Waals surface area contributed by atoms with Crippen LogP contribution in [0.25, 0.3) is 0 Å². The largest absolute Gasteiger partial charge is 0.383 e. The first-order valence-corrected chi connectivity index (χ1v) is 6.13. The quantitative estimate of drug-likeness (QED) is 0.819. The molecule has 2 aromatic rings. The van der Waals surface area contributed by atoms with Gasteiger partial charge in [0.1, 0.15) is 6.10 Å². The van der Waals surface area contributed by atoms with Gasteiger partial charge in [-0.15, -0.1) is 11.3 Å². The number of benzene rings is 1. The van der Waals surface area contributed by atoms with Crippen LogP contribution in [0.4, 0.5) is 8.78 Å². The van der Waals surface area contributed by atoms with Crippen LogP contribution in [0.5, 0.6) is 0 Å². The highest BCUT2D eigenvalue weighted by atomic mass is 35.5. The van der Waals surface area contributed by atoms with Crippen LogP contribution in [0, 0.1) is 18.6 Å². The highest BCUT2D eigenvalue weighted by Gasteiger charge is 2.19. The second-order valence-electron chi connectivity index (χ2n) is 3.66. The molecule has 1 N–H and O–H groups in total. The molecule has 0 aliphatic carbocycles. The molecule has 1 aromatic heterocycles. The Balaban J connectivity index is 2.48. The second-order valence-corrected chi connectivity index (χ2v) is 5.01. The lowest BCUT2D eigenvalue weighted by Crippen LogP contribution is -2.01. The van der Waals surface area contributed by atoms with E-state index >= 15 is 0 Å². The number of hydrogen-bond acceptors (Lipinski definition) is 2. The molecule has 2 rings (SSSR count). The van der Waals surface area contributed by atoms with Crippen molar-refractivity contribution in [3.05, 3.63) is 56.2 Å². The molecule has 1 aromatic carbocycles. The lowest BCUT2D eigenvalue weighted by molar-refractivity contribution is 0.223. The number of aliphatic hydroxyl groups is 1. The standard InChI is InChI=1S/C12H9ClF2OS/c1-6-2-3-17-12(6)11(16)7-4-9(14)10(15)5-8(7)13/h2-5,11,16H,1H3. The minimum absolute atomic E-state index is 0.0178. The molecule has 0 aliphatic rings. The third kappa shape index (κ3) is 2.34. The fourth-order valence-corrected chi connectivity index (χ4v) is 2.74. The summed E-state index contributed by atoms with van der Waals surface area (Å²) in [7, 11) is 0. The first kappa shape index (κ1) is 12.5. The van der Waals surface area contributed by atoms with Gasteiger partial charge in [0, 0.05) is 15.5 Å². The number of aryl methyl sites for hydroxylation is 1. The molecule has 1 atom stereocenters. The van der Waals surface area contributed by atoms with E-state index in [1.54, 1.807) is 0 Å². The first-order valence-electron chi connectivity index (χ1n) is 4.87. The molecule has 1 unspecified atom stereocenters. The zero-order valence-electron chi connectivity index (χ0n) is 8.88. The van der Waals surface area contributed by atoms with Gasteiger partial charge in [0.15, 0.2) is 11.6 Å². The molecular formula is C12H9ClF2OS. The van der Waals surface area contributed by atoms with Crippen LogP contribution in [0.15, 0.2) is 23.6 Å². The molecule has 90 valence electrons. The molecule has 0 radical (unpaired) electrons. The first-order chi connectivity index (χ1) is 8.00. The highest BCUT2D eigenvalue weighted by Crippen LogP contribution is 2.34. The summed E-state index contributed by atoms with van der Waals surface area (Å²) in [5.74, 6) is -2.04. The summed E-state index contributed by atoms with van der Waals surface area (Å²) in [6, 6.07) is 3.65. The van der Waals surface area contributed by atoms with Gasteiger partial charge in [0.05, 0.1) is 0 Å². The normalized spacial score (nSPS) is 12.8. The number of halogens is 3. The van der Waals surface area contributed by atoms with Crippen molar-refractivity contribution >= 4 is 22.9 Å². The van der Waals surface area contributed by atoms with E-state index in [0.717, 1.165) is 17.7 Å². The molecule has 0 fully saturated rings. The maximum atomic E-state index is 13.1. The predicted octanol–water partition coefficient (Wildman–Crippen LogP) is 4.07. The van der Waals surface area contributed by atoms with E-state index in [4.69, 9.17) is 11.6 Å². The Labute approximate surface area is 106 Å². The Hall–Kier alpha value is -0.970. The van der Waals surface area contributed by atoms with Gasteiger partial charge >= 0.3 is 0 Å². The van der Waals surface area contributed by atoms with E-state index in [0.29, 0.717) is 4.88 Å². The smallest absolute Gasteiger partial charge is 0.160 e. The van der Waals surface area contributed by atoms with Crippen molar-refractivity contribution in [1.82, 2.24) is 0 Å². The fraction of sp³-hybridized carbons (Fsp3) is 0.167. The predicted molar refractivity (Wildman–Crippen MR) is 64.5 cm³/mol. The molecule has 5 heteroatoms.